The predicted octanol–water partition coefficient (Wildman–Crippen LogP) is 3.59. The maximum atomic E-state index is 6.27. The van der Waals surface area contributed by atoms with Gasteiger partial charge in [0.05, 0.1) is 17.9 Å². The van der Waals surface area contributed by atoms with Crippen LogP contribution in [0.4, 0.5) is 0 Å². The van der Waals surface area contributed by atoms with Crippen LogP contribution in [0.1, 0.15) is 24.2 Å². The second kappa shape index (κ2) is 6.27. The maximum absolute atomic E-state index is 6.27. The zero-order chi connectivity index (χ0) is 13.0. The van der Waals surface area contributed by atoms with Gasteiger partial charge >= 0.3 is 0 Å². The van der Waals surface area contributed by atoms with E-state index >= 15 is 0 Å². The van der Waals surface area contributed by atoms with Gasteiger partial charge < -0.3 is 5.32 Å². The van der Waals surface area contributed by atoms with Crippen molar-refractivity contribution in [2.24, 2.45) is 0 Å². The second-order valence-electron chi connectivity index (χ2n) is 3.79. The van der Waals surface area contributed by atoms with Gasteiger partial charge in [0, 0.05) is 21.9 Å². The number of nitrogens with one attached hydrogen (secondary N) is 1. The summed E-state index contributed by atoms with van der Waals surface area (Å²) in [6.45, 7) is 2.87. The molecule has 2 rings (SSSR count). The third-order valence-electron chi connectivity index (χ3n) is 2.56. The van der Waals surface area contributed by atoms with Crippen LogP contribution >= 0.6 is 27.5 Å². The molecule has 1 atom stereocenters. The van der Waals surface area contributed by atoms with Crippen molar-refractivity contribution in [2.75, 3.05) is 6.54 Å². The standard InChI is InChI=1S/C13H13BrClN3/c1-2-17-13(12-8-16-5-6-18-12)10-7-9(14)3-4-11(10)15/h3-8,13,17H,2H2,1H3. The molecule has 1 aromatic carbocycles. The minimum Gasteiger partial charge on any atom is -0.305 e. The average Bonchev–Trinajstić information content (AvgIpc) is 2.40. The molecule has 3 nitrogen and oxygen atoms in total. The molecular formula is C13H13BrClN3. The molecule has 0 fully saturated rings. The SMILES string of the molecule is CCNC(c1cnccn1)c1cc(Br)ccc1Cl. The number of hydrogen-bond donors (Lipinski definition) is 1. The van der Waals surface area contributed by atoms with Gasteiger partial charge in [0.15, 0.2) is 0 Å². The van der Waals surface area contributed by atoms with E-state index in [0.29, 0.717) is 0 Å². The molecule has 94 valence electrons. The van der Waals surface area contributed by atoms with Gasteiger partial charge in [-0.25, -0.2) is 0 Å². The van der Waals surface area contributed by atoms with E-state index in [1.165, 1.54) is 0 Å². The lowest BCUT2D eigenvalue weighted by Crippen LogP contribution is -2.23. The van der Waals surface area contributed by atoms with Crippen LogP contribution in [0.15, 0.2) is 41.3 Å². The van der Waals surface area contributed by atoms with Crippen LogP contribution in [0, 0.1) is 0 Å². The Labute approximate surface area is 120 Å². The van der Waals surface area contributed by atoms with Crippen molar-refractivity contribution in [2.45, 2.75) is 13.0 Å². The molecule has 0 saturated heterocycles. The molecule has 0 aliphatic heterocycles. The number of rotatable bonds is 4. The fourth-order valence-corrected chi connectivity index (χ4v) is 2.38. The Kier molecular flexibility index (Phi) is 4.69. The summed E-state index contributed by atoms with van der Waals surface area (Å²) in [7, 11) is 0. The first kappa shape index (κ1) is 13.5. The van der Waals surface area contributed by atoms with Crippen molar-refractivity contribution in [3.05, 3.63) is 57.5 Å². The maximum Gasteiger partial charge on any atom is 0.0802 e. The fraction of sp³-hybridized carbons (Fsp3) is 0.231. The minimum atomic E-state index is -0.0475. The van der Waals surface area contributed by atoms with Gasteiger partial charge in [0.2, 0.25) is 0 Å². The van der Waals surface area contributed by atoms with Crippen molar-refractivity contribution in [1.29, 1.82) is 0 Å². The summed E-state index contributed by atoms with van der Waals surface area (Å²) >= 11 is 9.73. The van der Waals surface area contributed by atoms with Crippen molar-refractivity contribution in [1.82, 2.24) is 15.3 Å². The lowest BCUT2D eigenvalue weighted by molar-refractivity contribution is 0.612. The third kappa shape index (κ3) is 3.07. The van der Waals surface area contributed by atoms with Crippen molar-refractivity contribution in [3.63, 3.8) is 0 Å². The quantitative estimate of drug-likeness (QED) is 0.933. The smallest absolute Gasteiger partial charge is 0.0802 e. The van der Waals surface area contributed by atoms with Crippen molar-refractivity contribution in [3.8, 4) is 0 Å². The number of nitrogens with zero attached hydrogens (tertiary/aromatic N) is 2. The largest absolute Gasteiger partial charge is 0.305 e. The molecule has 2 aromatic rings. The van der Waals surface area contributed by atoms with E-state index in [1.807, 2.05) is 18.2 Å². The molecular weight excluding hydrogens is 314 g/mol. The number of hydrogen-bond acceptors (Lipinski definition) is 3. The Hall–Kier alpha value is -0.970. The highest BCUT2D eigenvalue weighted by Crippen LogP contribution is 2.29. The molecule has 0 amide bonds. The Bertz CT molecular complexity index is 519. The zero-order valence-electron chi connectivity index (χ0n) is 9.90. The monoisotopic (exact) mass is 325 g/mol. The Morgan fingerprint density at radius 2 is 2.22 bits per heavy atom. The Morgan fingerprint density at radius 3 is 2.89 bits per heavy atom. The van der Waals surface area contributed by atoms with E-state index in [2.05, 4.69) is 38.1 Å². The highest BCUT2D eigenvalue weighted by Gasteiger charge is 2.17. The van der Waals surface area contributed by atoms with Crippen LogP contribution in [-0.2, 0) is 0 Å². The second-order valence-corrected chi connectivity index (χ2v) is 5.11. The van der Waals surface area contributed by atoms with Crippen LogP contribution in [-0.4, -0.2) is 16.5 Å². The van der Waals surface area contributed by atoms with E-state index in [1.54, 1.807) is 18.6 Å². The highest BCUT2D eigenvalue weighted by molar-refractivity contribution is 9.10. The van der Waals surface area contributed by atoms with E-state index in [4.69, 9.17) is 11.6 Å². The number of halogens is 2. The molecule has 1 heterocycles. The van der Waals surface area contributed by atoms with Gasteiger partial charge in [0.25, 0.3) is 0 Å². The summed E-state index contributed by atoms with van der Waals surface area (Å²) in [5.74, 6) is 0. The first-order valence-electron chi connectivity index (χ1n) is 5.66. The summed E-state index contributed by atoms with van der Waals surface area (Å²) in [5.41, 5.74) is 1.85. The summed E-state index contributed by atoms with van der Waals surface area (Å²) in [6, 6.07) is 5.76. The van der Waals surface area contributed by atoms with Gasteiger partial charge in [-0.2, -0.15) is 0 Å². The molecule has 1 unspecified atom stereocenters. The van der Waals surface area contributed by atoms with Gasteiger partial charge in [-0.15, -0.1) is 0 Å². The van der Waals surface area contributed by atoms with Gasteiger partial charge in [-0.05, 0) is 30.3 Å². The summed E-state index contributed by atoms with van der Waals surface area (Å²) in [5, 5.41) is 4.09. The summed E-state index contributed by atoms with van der Waals surface area (Å²) < 4.78 is 0.994. The number of aromatic nitrogens is 2. The van der Waals surface area contributed by atoms with Gasteiger partial charge in [-0.3, -0.25) is 9.97 Å². The van der Waals surface area contributed by atoms with Crippen molar-refractivity contribution < 1.29 is 0 Å². The normalized spacial score (nSPS) is 12.4. The molecule has 0 aliphatic rings. The molecule has 1 N–H and O–H groups in total. The average molecular weight is 327 g/mol. The first-order valence-corrected chi connectivity index (χ1v) is 6.83. The molecule has 1 aromatic heterocycles. The summed E-state index contributed by atoms with van der Waals surface area (Å²) in [6.07, 6.45) is 5.10. The molecule has 5 heteroatoms. The topological polar surface area (TPSA) is 37.8 Å². The lowest BCUT2D eigenvalue weighted by atomic mass is 10.0. The lowest BCUT2D eigenvalue weighted by Gasteiger charge is -2.19. The minimum absolute atomic E-state index is 0.0475. The zero-order valence-corrected chi connectivity index (χ0v) is 12.2. The van der Waals surface area contributed by atoms with Crippen LogP contribution in [0.2, 0.25) is 5.02 Å². The first-order chi connectivity index (χ1) is 8.72. The van der Waals surface area contributed by atoms with E-state index < -0.39 is 0 Å². The molecule has 0 radical (unpaired) electrons. The van der Waals surface area contributed by atoms with E-state index in [0.717, 1.165) is 27.3 Å². The summed E-state index contributed by atoms with van der Waals surface area (Å²) in [4.78, 5) is 8.45. The molecule has 18 heavy (non-hydrogen) atoms. The van der Waals surface area contributed by atoms with E-state index in [9.17, 15) is 0 Å². The van der Waals surface area contributed by atoms with Gasteiger partial charge in [0.1, 0.15) is 0 Å². The predicted molar refractivity (Wildman–Crippen MR) is 76.7 cm³/mol. The van der Waals surface area contributed by atoms with Crippen molar-refractivity contribution >= 4 is 27.5 Å². The van der Waals surface area contributed by atoms with Crippen LogP contribution in [0.3, 0.4) is 0 Å². The fourth-order valence-electron chi connectivity index (χ4n) is 1.77. The number of benzene rings is 1. The van der Waals surface area contributed by atoms with Crippen LogP contribution in [0.5, 0.6) is 0 Å². The van der Waals surface area contributed by atoms with Crippen LogP contribution in [0.25, 0.3) is 0 Å². The van der Waals surface area contributed by atoms with E-state index in [-0.39, 0.29) is 6.04 Å². The van der Waals surface area contributed by atoms with Gasteiger partial charge in [-0.1, -0.05) is 34.5 Å². The molecule has 0 saturated carbocycles. The highest BCUT2D eigenvalue weighted by atomic mass is 79.9. The molecule has 0 aliphatic carbocycles. The Balaban J connectivity index is 2.44. The third-order valence-corrected chi connectivity index (χ3v) is 3.39. The Morgan fingerprint density at radius 1 is 1.39 bits per heavy atom. The molecule has 0 spiro atoms. The molecule has 0 bridgehead atoms. The van der Waals surface area contributed by atoms with Crippen LogP contribution < -0.4 is 5.32 Å².